The van der Waals surface area contributed by atoms with E-state index in [1.54, 1.807) is 0 Å². The Morgan fingerprint density at radius 1 is 1.16 bits per heavy atom. The van der Waals surface area contributed by atoms with Crippen LogP contribution in [0.3, 0.4) is 0 Å². The summed E-state index contributed by atoms with van der Waals surface area (Å²) >= 11 is 0. The number of aromatic nitrogens is 1. The molecule has 19 heavy (non-hydrogen) atoms. The molecule has 0 atom stereocenters. The standard InChI is InChI=1S/C11H9F2N3O2S/c12-7-4-8(13)6-9(5-7)16-19(17,18)11-10(14)2-1-3-15-11/h1-6,16H,14H2. The van der Waals surface area contributed by atoms with Crippen molar-refractivity contribution in [3.63, 3.8) is 0 Å². The number of nitrogens with one attached hydrogen (secondary N) is 1. The van der Waals surface area contributed by atoms with E-state index in [0.29, 0.717) is 6.07 Å². The van der Waals surface area contributed by atoms with Crippen molar-refractivity contribution in [1.82, 2.24) is 4.98 Å². The maximum absolute atomic E-state index is 13.0. The van der Waals surface area contributed by atoms with E-state index in [2.05, 4.69) is 4.98 Å². The van der Waals surface area contributed by atoms with Gasteiger partial charge in [-0.3, -0.25) is 4.72 Å². The Bertz CT molecular complexity index is 699. The van der Waals surface area contributed by atoms with Gasteiger partial charge in [0.1, 0.15) is 11.6 Å². The van der Waals surface area contributed by atoms with Crippen LogP contribution in [-0.2, 0) is 10.0 Å². The van der Waals surface area contributed by atoms with Gasteiger partial charge in [0.25, 0.3) is 10.0 Å². The van der Waals surface area contributed by atoms with Crippen LogP contribution in [0, 0.1) is 11.6 Å². The normalized spacial score (nSPS) is 11.3. The van der Waals surface area contributed by atoms with Crippen LogP contribution in [0.25, 0.3) is 0 Å². The minimum Gasteiger partial charge on any atom is -0.396 e. The third-order valence-electron chi connectivity index (χ3n) is 2.17. The number of benzene rings is 1. The predicted molar refractivity (Wildman–Crippen MR) is 65.8 cm³/mol. The molecule has 2 rings (SSSR count). The zero-order valence-electron chi connectivity index (χ0n) is 9.47. The Balaban J connectivity index is 2.39. The van der Waals surface area contributed by atoms with Crippen LogP contribution >= 0.6 is 0 Å². The summed E-state index contributed by atoms with van der Waals surface area (Å²) in [5, 5.41) is -0.403. The molecule has 0 saturated heterocycles. The molecule has 1 heterocycles. The smallest absolute Gasteiger partial charge is 0.281 e. The lowest BCUT2D eigenvalue weighted by Gasteiger charge is -2.09. The summed E-state index contributed by atoms with van der Waals surface area (Å²) in [6, 6.07) is 5.15. The number of nitrogens with zero attached hydrogens (tertiary/aromatic N) is 1. The molecule has 0 aliphatic carbocycles. The Labute approximate surface area is 108 Å². The van der Waals surface area contributed by atoms with Crippen molar-refractivity contribution in [1.29, 1.82) is 0 Å². The number of pyridine rings is 1. The van der Waals surface area contributed by atoms with Gasteiger partial charge < -0.3 is 5.73 Å². The highest BCUT2D eigenvalue weighted by molar-refractivity contribution is 7.92. The van der Waals surface area contributed by atoms with E-state index in [9.17, 15) is 17.2 Å². The van der Waals surface area contributed by atoms with Crippen molar-refractivity contribution >= 4 is 21.4 Å². The van der Waals surface area contributed by atoms with Crippen molar-refractivity contribution in [2.24, 2.45) is 0 Å². The number of hydrogen-bond acceptors (Lipinski definition) is 4. The first kappa shape index (κ1) is 13.2. The second kappa shape index (κ2) is 4.81. The van der Waals surface area contributed by atoms with E-state index in [1.807, 2.05) is 4.72 Å². The van der Waals surface area contributed by atoms with E-state index in [4.69, 9.17) is 5.73 Å². The molecule has 100 valence electrons. The zero-order valence-corrected chi connectivity index (χ0v) is 10.3. The summed E-state index contributed by atoms with van der Waals surface area (Å²) in [6.07, 6.45) is 1.25. The highest BCUT2D eigenvalue weighted by Crippen LogP contribution is 2.20. The molecule has 2 aromatic rings. The molecule has 0 radical (unpaired) electrons. The van der Waals surface area contributed by atoms with Crippen molar-refractivity contribution in [2.75, 3.05) is 10.5 Å². The average Bonchev–Trinajstić information content (AvgIpc) is 2.26. The molecule has 0 aliphatic heterocycles. The number of hydrogen-bond donors (Lipinski definition) is 2. The molecular formula is C11H9F2N3O2S. The zero-order chi connectivity index (χ0) is 14.0. The van der Waals surface area contributed by atoms with Crippen molar-refractivity contribution in [3.05, 3.63) is 48.2 Å². The van der Waals surface area contributed by atoms with Gasteiger partial charge in [0.15, 0.2) is 5.03 Å². The Morgan fingerprint density at radius 3 is 2.37 bits per heavy atom. The van der Waals surface area contributed by atoms with Crippen LogP contribution in [0.15, 0.2) is 41.6 Å². The average molecular weight is 285 g/mol. The lowest BCUT2D eigenvalue weighted by Crippen LogP contribution is -2.16. The summed E-state index contributed by atoms with van der Waals surface area (Å²) in [7, 11) is -4.10. The highest BCUT2D eigenvalue weighted by atomic mass is 32.2. The Morgan fingerprint density at radius 2 is 1.79 bits per heavy atom. The number of anilines is 2. The second-order valence-corrected chi connectivity index (χ2v) is 5.26. The van der Waals surface area contributed by atoms with Crippen molar-refractivity contribution in [2.45, 2.75) is 5.03 Å². The summed E-state index contributed by atoms with van der Waals surface area (Å²) in [5.74, 6) is -1.79. The summed E-state index contributed by atoms with van der Waals surface area (Å²) < 4.78 is 51.8. The van der Waals surface area contributed by atoms with Gasteiger partial charge >= 0.3 is 0 Å². The number of halogens is 2. The van der Waals surface area contributed by atoms with Gasteiger partial charge in [0, 0.05) is 12.3 Å². The number of nitrogens with two attached hydrogens (primary N) is 1. The summed E-state index contributed by atoms with van der Waals surface area (Å²) in [6.45, 7) is 0. The lowest BCUT2D eigenvalue weighted by atomic mass is 10.3. The molecule has 0 saturated carbocycles. The molecule has 0 aliphatic rings. The van der Waals surface area contributed by atoms with Gasteiger partial charge in [-0.25, -0.2) is 13.8 Å². The van der Waals surface area contributed by atoms with Crippen LogP contribution in [0.2, 0.25) is 0 Å². The first-order valence-corrected chi connectivity index (χ1v) is 6.56. The van der Waals surface area contributed by atoms with Crippen LogP contribution in [0.4, 0.5) is 20.2 Å². The van der Waals surface area contributed by atoms with E-state index >= 15 is 0 Å². The fourth-order valence-corrected chi connectivity index (χ4v) is 2.55. The van der Waals surface area contributed by atoms with Gasteiger partial charge in [-0.2, -0.15) is 8.42 Å². The fourth-order valence-electron chi connectivity index (χ4n) is 1.44. The molecule has 0 spiro atoms. The second-order valence-electron chi connectivity index (χ2n) is 3.66. The molecule has 1 aromatic carbocycles. The summed E-state index contributed by atoms with van der Waals surface area (Å²) in [5.41, 5.74) is 5.18. The van der Waals surface area contributed by atoms with Gasteiger partial charge in [-0.05, 0) is 24.3 Å². The first-order chi connectivity index (χ1) is 8.88. The van der Waals surface area contributed by atoms with Crippen LogP contribution < -0.4 is 10.5 Å². The number of nitrogen functional groups attached to an aromatic ring is 1. The molecule has 1 aromatic heterocycles. The Hall–Kier alpha value is -2.22. The van der Waals surface area contributed by atoms with E-state index in [-0.39, 0.29) is 11.4 Å². The number of sulfonamides is 1. The minimum absolute atomic E-state index is 0.0631. The third-order valence-corrected chi connectivity index (χ3v) is 3.52. The molecule has 3 N–H and O–H groups in total. The molecule has 0 fully saturated rings. The fraction of sp³-hybridized carbons (Fsp3) is 0. The number of rotatable bonds is 3. The molecule has 5 nitrogen and oxygen atoms in total. The van der Waals surface area contributed by atoms with E-state index < -0.39 is 26.7 Å². The molecule has 0 unspecified atom stereocenters. The predicted octanol–water partition coefficient (Wildman–Crippen LogP) is 1.74. The Kier molecular flexibility index (Phi) is 3.34. The topological polar surface area (TPSA) is 85.1 Å². The maximum Gasteiger partial charge on any atom is 0.281 e. The van der Waals surface area contributed by atoms with Gasteiger partial charge in [-0.1, -0.05) is 0 Å². The van der Waals surface area contributed by atoms with Crippen LogP contribution in [-0.4, -0.2) is 13.4 Å². The first-order valence-electron chi connectivity index (χ1n) is 5.08. The highest BCUT2D eigenvalue weighted by Gasteiger charge is 2.19. The molecule has 0 bridgehead atoms. The van der Waals surface area contributed by atoms with Crippen LogP contribution in [0.1, 0.15) is 0 Å². The minimum atomic E-state index is -4.10. The quantitative estimate of drug-likeness (QED) is 0.899. The van der Waals surface area contributed by atoms with Gasteiger partial charge in [0.2, 0.25) is 0 Å². The molecular weight excluding hydrogens is 276 g/mol. The van der Waals surface area contributed by atoms with E-state index in [0.717, 1.165) is 12.1 Å². The van der Waals surface area contributed by atoms with Gasteiger partial charge in [0.05, 0.1) is 11.4 Å². The monoisotopic (exact) mass is 285 g/mol. The van der Waals surface area contributed by atoms with Crippen LogP contribution in [0.5, 0.6) is 0 Å². The molecule has 0 amide bonds. The van der Waals surface area contributed by atoms with Crippen molar-refractivity contribution < 1.29 is 17.2 Å². The lowest BCUT2D eigenvalue weighted by molar-refractivity contribution is 0.584. The van der Waals surface area contributed by atoms with Gasteiger partial charge in [-0.15, -0.1) is 0 Å². The molecule has 8 heteroatoms. The van der Waals surface area contributed by atoms with Crippen molar-refractivity contribution in [3.8, 4) is 0 Å². The largest absolute Gasteiger partial charge is 0.396 e. The summed E-state index contributed by atoms with van der Waals surface area (Å²) in [4.78, 5) is 3.63. The maximum atomic E-state index is 13.0. The SMILES string of the molecule is Nc1cccnc1S(=O)(=O)Nc1cc(F)cc(F)c1. The van der Waals surface area contributed by atoms with E-state index in [1.165, 1.54) is 18.3 Å². The third kappa shape index (κ3) is 2.97.